The molecule has 4 rings (SSSR count). The van der Waals surface area contributed by atoms with Crippen molar-refractivity contribution in [1.82, 2.24) is 0 Å². The molecule has 0 unspecified atom stereocenters. The lowest BCUT2D eigenvalue weighted by Crippen LogP contribution is -2.13. The fourth-order valence-electron chi connectivity index (χ4n) is 3.72. The fraction of sp³-hybridized carbons (Fsp3) is 0.0800. The van der Waals surface area contributed by atoms with Gasteiger partial charge in [0.1, 0.15) is 22.8 Å². The lowest BCUT2D eigenvalue weighted by Gasteiger charge is -2.14. The van der Waals surface area contributed by atoms with E-state index >= 15 is 0 Å². The zero-order chi connectivity index (χ0) is 26.9. The van der Waals surface area contributed by atoms with Gasteiger partial charge in [-0.1, -0.05) is 53.5 Å². The Labute approximate surface area is 222 Å². The minimum absolute atomic E-state index is 0.0315. The molecule has 0 aliphatic rings. The molecule has 4 aromatic rings. The molecule has 0 spiro atoms. The van der Waals surface area contributed by atoms with Gasteiger partial charge in [0, 0.05) is 5.39 Å². The van der Waals surface area contributed by atoms with Gasteiger partial charge in [-0.15, -0.1) is 10.2 Å². The predicted octanol–water partition coefficient (Wildman–Crippen LogP) is 7.08. The number of nitrogens with one attached hydrogen (secondary N) is 1. The Morgan fingerprint density at radius 3 is 2.38 bits per heavy atom. The Morgan fingerprint density at radius 1 is 0.973 bits per heavy atom. The molecule has 3 N–H and O–H groups in total. The smallest absolute Gasteiger partial charge is 0.294 e. The van der Waals surface area contributed by atoms with E-state index in [1.165, 1.54) is 26.2 Å². The van der Waals surface area contributed by atoms with Crippen LogP contribution in [0.2, 0.25) is 10.0 Å². The number of para-hydroxylation sites is 1. The molecule has 0 bridgehead atoms. The number of fused-ring (bicyclic) bond motifs is 1. The van der Waals surface area contributed by atoms with Crippen molar-refractivity contribution in [2.24, 2.45) is 10.2 Å². The summed E-state index contributed by atoms with van der Waals surface area (Å²) < 4.78 is 38.1. The molecule has 0 aliphatic carbocycles. The van der Waals surface area contributed by atoms with Crippen LogP contribution in [0.1, 0.15) is 15.9 Å². The van der Waals surface area contributed by atoms with Crippen LogP contribution in [0.5, 0.6) is 11.5 Å². The number of carbonyl (C=O) groups excluding carboxylic acids is 1. The number of hydrogen-bond donors (Lipinski definition) is 3. The zero-order valence-electron chi connectivity index (χ0n) is 19.4. The zero-order valence-corrected chi connectivity index (χ0v) is 21.7. The second-order valence-corrected chi connectivity index (χ2v) is 10.0. The molecule has 0 saturated carbocycles. The minimum Gasteiger partial charge on any atom is -0.505 e. The van der Waals surface area contributed by atoms with Crippen molar-refractivity contribution in [2.45, 2.75) is 11.8 Å². The average molecular weight is 560 g/mol. The molecule has 0 radical (unpaired) electrons. The number of azo groups is 1. The van der Waals surface area contributed by atoms with E-state index in [1.807, 2.05) is 0 Å². The maximum absolute atomic E-state index is 13.2. The van der Waals surface area contributed by atoms with Crippen molar-refractivity contribution in [3.05, 3.63) is 81.8 Å². The summed E-state index contributed by atoms with van der Waals surface area (Å²) in [6, 6.07) is 15.6. The van der Waals surface area contributed by atoms with Crippen LogP contribution in [0.4, 0.5) is 17.1 Å². The number of methoxy groups -OCH3 is 1. The van der Waals surface area contributed by atoms with Gasteiger partial charge < -0.3 is 15.2 Å². The molecular weight excluding hydrogens is 541 g/mol. The summed E-state index contributed by atoms with van der Waals surface area (Å²) in [5.41, 5.74) is 0.0706. The molecule has 0 aliphatic heterocycles. The number of nitrogens with zero attached hydrogens (tertiary/aromatic N) is 2. The molecule has 1 amide bonds. The highest BCUT2D eigenvalue weighted by atomic mass is 35.5. The molecule has 0 saturated heterocycles. The van der Waals surface area contributed by atoms with Gasteiger partial charge in [0.15, 0.2) is 5.75 Å². The maximum Gasteiger partial charge on any atom is 0.294 e. The second kappa shape index (κ2) is 10.3. The first kappa shape index (κ1) is 26.4. The highest BCUT2D eigenvalue weighted by molar-refractivity contribution is 7.85. The van der Waals surface area contributed by atoms with Crippen LogP contribution in [-0.4, -0.2) is 31.1 Å². The maximum atomic E-state index is 13.2. The molecule has 4 aromatic carbocycles. The van der Waals surface area contributed by atoms with Crippen molar-refractivity contribution < 1.29 is 27.6 Å². The van der Waals surface area contributed by atoms with E-state index in [1.54, 1.807) is 42.5 Å². The van der Waals surface area contributed by atoms with E-state index in [4.69, 9.17) is 27.9 Å². The Balaban J connectivity index is 1.85. The van der Waals surface area contributed by atoms with Crippen LogP contribution >= 0.6 is 23.2 Å². The molecule has 190 valence electrons. The van der Waals surface area contributed by atoms with E-state index in [-0.39, 0.29) is 43.1 Å². The number of carbonyl (C=O) groups is 1. The van der Waals surface area contributed by atoms with Crippen molar-refractivity contribution in [3.8, 4) is 11.5 Å². The Hall–Kier alpha value is -3.70. The van der Waals surface area contributed by atoms with Gasteiger partial charge in [-0.05, 0) is 48.2 Å². The lowest BCUT2D eigenvalue weighted by atomic mass is 10.0. The summed E-state index contributed by atoms with van der Waals surface area (Å²) in [7, 11) is -3.11. The van der Waals surface area contributed by atoms with Gasteiger partial charge in [-0.2, -0.15) is 8.42 Å². The topological polar surface area (TPSA) is 138 Å². The van der Waals surface area contributed by atoms with Crippen LogP contribution < -0.4 is 10.1 Å². The van der Waals surface area contributed by atoms with Crippen LogP contribution in [0.25, 0.3) is 10.8 Å². The monoisotopic (exact) mass is 559 g/mol. The van der Waals surface area contributed by atoms with Crippen LogP contribution in [-0.2, 0) is 10.1 Å². The lowest BCUT2D eigenvalue weighted by molar-refractivity contribution is 0.102. The third-order valence-corrected chi connectivity index (χ3v) is 7.15. The Kier molecular flexibility index (Phi) is 7.37. The van der Waals surface area contributed by atoms with E-state index in [9.17, 15) is 22.9 Å². The standard InChI is InChI=1S/C25H19Cl2N3O6S/c1-13-20(37(33,34)35)11-10-18(27)21(13)29-30-22-15-7-4-3-6-14(15)12-16(24(22)31)25(32)28-23-17(26)8-5-9-19(23)36-2/h3-12,31H,1-2H3,(H,28,32)(H,33,34,35). The SMILES string of the molecule is COc1cccc(Cl)c1NC(=O)c1cc2ccccc2c(N=Nc2c(Cl)ccc(S(=O)(=O)O)c2C)c1O. The molecule has 37 heavy (non-hydrogen) atoms. The number of amides is 1. The van der Waals surface area contributed by atoms with Gasteiger partial charge in [-0.25, -0.2) is 0 Å². The predicted molar refractivity (Wildman–Crippen MR) is 142 cm³/mol. The van der Waals surface area contributed by atoms with Crippen molar-refractivity contribution >= 4 is 67.1 Å². The van der Waals surface area contributed by atoms with Crippen molar-refractivity contribution in [3.63, 3.8) is 0 Å². The summed E-state index contributed by atoms with van der Waals surface area (Å²) >= 11 is 12.4. The number of phenolic OH excluding ortho intramolecular Hbond substituents is 1. The summed E-state index contributed by atoms with van der Waals surface area (Å²) in [5.74, 6) is -0.843. The van der Waals surface area contributed by atoms with Gasteiger partial charge >= 0.3 is 0 Å². The first-order valence-electron chi connectivity index (χ1n) is 10.6. The van der Waals surface area contributed by atoms with Crippen molar-refractivity contribution in [1.29, 1.82) is 0 Å². The first-order valence-corrected chi connectivity index (χ1v) is 12.8. The largest absolute Gasteiger partial charge is 0.505 e. The Morgan fingerprint density at radius 2 is 1.68 bits per heavy atom. The number of rotatable bonds is 6. The molecular formula is C25H19Cl2N3O6S. The van der Waals surface area contributed by atoms with Crippen LogP contribution in [0, 0.1) is 6.92 Å². The molecule has 0 fully saturated rings. The summed E-state index contributed by atoms with van der Waals surface area (Å²) in [4.78, 5) is 12.8. The van der Waals surface area contributed by atoms with E-state index in [0.717, 1.165) is 6.07 Å². The van der Waals surface area contributed by atoms with Gasteiger partial charge in [-0.3, -0.25) is 9.35 Å². The summed E-state index contributed by atoms with van der Waals surface area (Å²) in [5, 5.41) is 23.3. The quantitative estimate of drug-likeness (QED) is 0.170. The van der Waals surface area contributed by atoms with E-state index < -0.39 is 21.8 Å². The number of phenols is 1. The number of halogens is 2. The molecule has 12 heteroatoms. The number of benzene rings is 4. The number of ether oxygens (including phenoxy) is 1. The Bertz CT molecular complexity index is 1690. The van der Waals surface area contributed by atoms with Gasteiger partial charge in [0.2, 0.25) is 0 Å². The van der Waals surface area contributed by atoms with Gasteiger partial charge in [0.25, 0.3) is 16.0 Å². The van der Waals surface area contributed by atoms with Crippen molar-refractivity contribution in [2.75, 3.05) is 12.4 Å². The summed E-state index contributed by atoms with van der Waals surface area (Å²) in [6.45, 7) is 1.40. The molecule has 0 atom stereocenters. The number of hydrogen-bond acceptors (Lipinski definition) is 7. The fourth-order valence-corrected chi connectivity index (χ4v) is 4.90. The minimum atomic E-state index is -4.54. The second-order valence-electron chi connectivity index (χ2n) is 7.81. The van der Waals surface area contributed by atoms with Crippen LogP contribution in [0.15, 0.2) is 75.8 Å². The molecule has 0 heterocycles. The van der Waals surface area contributed by atoms with E-state index in [2.05, 4.69) is 15.5 Å². The number of anilines is 1. The highest BCUT2D eigenvalue weighted by Crippen LogP contribution is 2.42. The average Bonchev–Trinajstić information content (AvgIpc) is 2.85. The molecule has 0 aromatic heterocycles. The van der Waals surface area contributed by atoms with Crippen LogP contribution in [0.3, 0.4) is 0 Å². The first-order chi connectivity index (χ1) is 17.5. The normalized spacial score (nSPS) is 11.7. The highest BCUT2D eigenvalue weighted by Gasteiger charge is 2.22. The van der Waals surface area contributed by atoms with E-state index in [0.29, 0.717) is 16.5 Å². The summed E-state index contributed by atoms with van der Waals surface area (Å²) in [6.07, 6.45) is 0. The van der Waals surface area contributed by atoms with Gasteiger partial charge in [0.05, 0.1) is 27.6 Å². The molecule has 9 nitrogen and oxygen atoms in total. The third kappa shape index (κ3) is 5.23. The third-order valence-electron chi connectivity index (χ3n) is 5.53. The number of aromatic hydroxyl groups is 1.